The van der Waals surface area contributed by atoms with E-state index in [4.69, 9.17) is 4.74 Å². The molecule has 0 saturated carbocycles. The molecule has 0 bridgehead atoms. The van der Waals surface area contributed by atoms with Crippen LogP contribution in [-0.2, 0) is 9.53 Å². The molecule has 0 fully saturated rings. The number of methoxy groups -OCH3 is 1. The second-order valence-electron chi connectivity index (χ2n) is 4.45. The van der Waals surface area contributed by atoms with Gasteiger partial charge in [-0.2, -0.15) is 0 Å². The standard InChI is InChI=1S/C14H26O2S/c1-6-8-9-10-11-14(7-2,16-5)17-13(15)12(3)4/h3,6-11H2,1-2,4-5H3. The van der Waals surface area contributed by atoms with E-state index in [1.807, 2.05) is 0 Å². The summed E-state index contributed by atoms with van der Waals surface area (Å²) in [5, 5.41) is 0.0455. The third-order valence-electron chi connectivity index (χ3n) is 2.95. The lowest BCUT2D eigenvalue weighted by Crippen LogP contribution is -2.28. The van der Waals surface area contributed by atoms with Gasteiger partial charge in [0.25, 0.3) is 0 Å². The lowest BCUT2D eigenvalue weighted by atomic mass is 10.1. The van der Waals surface area contributed by atoms with E-state index in [0.29, 0.717) is 5.57 Å². The summed E-state index contributed by atoms with van der Waals surface area (Å²) in [4.78, 5) is 11.4. The van der Waals surface area contributed by atoms with E-state index in [2.05, 4.69) is 20.4 Å². The minimum absolute atomic E-state index is 0.0455. The van der Waals surface area contributed by atoms with Crippen molar-refractivity contribution in [3.8, 4) is 0 Å². The van der Waals surface area contributed by atoms with Crippen molar-refractivity contribution < 1.29 is 9.53 Å². The summed E-state index contributed by atoms with van der Waals surface area (Å²) in [5.74, 6) is 0. The molecule has 0 aliphatic rings. The summed E-state index contributed by atoms with van der Waals surface area (Å²) in [7, 11) is 1.70. The molecule has 0 saturated heterocycles. The van der Waals surface area contributed by atoms with Gasteiger partial charge < -0.3 is 4.74 Å². The van der Waals surface area contributed by atoms with Crippen molar-refractivity contribution >= 4 is 16.9 Å². The molecule has 0 aromatic carbocycles. The van der Waals surface area contributed by atoms with Crippen molar-refractivity contribution in [3.63, 3.8) is 0 Å². The van der Waals surface area contributed by atoms with Gasteiger partial charge in [0.15, 0.2) is 0 Å². The molecule has 0 N–H and O–H groups in total. The molecule has 100 valence electrons. The van der Waals surface area contributed by atoms with Gasteiger partial charge >= 0.3 is 0 Å². The van der Waals surface area contributed by atoms with E-state index in [0.717, 1.165) is 19.3 Å². The largest absolute Gasteiger partial charge is 0.367 e. The van der Waals surface area contributed by atoms with E-state index in [9.17, 15) is 4.79 Å². The maximum Gasteiger partial charge on any atom is 0.217 e. The zero-order valence-corrected chi connectivity index (χ0v) is 12.5. The molecule has 1 unspecified atom stereocenters. The summed E-state index contributed by atoms with van der Waals surface area (Å²) in [5.41, 5.74) is 0.596. The van der Waals surface area contributed by atoms with Crippen LogP contribution in [0.15, 0.2) is 12.2 Å². The highest BCUT2D eigenvalue weighted by Crippen LogP contribution is 2.36. The highest BCUT2D eigenvalue weighted by molar-refractivity contribution is 8.15. The minimum atomic E-state index is -0.357. The Labute approximate surface area is 110 Å². The fraction of sp³-hybridized carbons (Fsp3) is 0.786. The molecule has 0 aromatic rings. The first-order valence-electron chi connectivity index (χ1n) is 6.45. The van der Waals surface area contributed by atoms with Crippen LogP contribution in [0.25, 0.3) is 0 Å². The highest BCUT2D eigenvalue weighted by atomic mass is 32.2. The van der Waals surface area contributed by atoms with Crippen molar-refractivity contribution in [2.75, 3.05) is 7.11 Å². The van der Waals surface area contributed by atoms with Crippen molar-refractivity contribution in [2.24, 2.45) is 0 Å². The van der Waals surface area contributed by atoms with Crippen LogP contribution < -0.4 is 0 Å². The molecule has 0 spiro atoms. The fourth-order valence-electron chi connectivity index (χ4n) is 1.67. The van der Waals surface area contributed by atoms with Gasteiger partial charge in [-0.1, -0.05) is 39.7 Å². The first-order valence-corrected chi connectivity index (χ1v) is 7.27. The van der Waals surface area contributed by atoms with Crippen LogP contribution >= 0.6 is 11.8 Å². The quantitative estimate of drug-likeness (QED) is 0.345. The van der Waals surface area contributed by atoms with Crippen molar-refractivity contribution in [1.29, 1.82) is 0 Å². The third kappa shape index (κ3) is 6.27. The Bertz CT molecular complexity index is 245. The van der Waals surface area contributed by atoms with E-state index in [-0.39, 0.29) is 10.0 Å². The number of carbonyl (C=O) groups is 1. The zero-order valence-electron chi connectivity index (χ0n) is 11.7. The molecule has 2 nitrogen and oxygen atoms in total. The Morgan fingerprint density at radius 1 is 1.29 bits per heavy atom. The number of thioether (sulfide) groups is 1. The van der Waals surface area contributed by atoms with E-state index in [1.54, 1.807) is 14.0 Å². The Morgan fingerprint density at radius 3 is 2.35 bits per heavy atom. The maximum absolute atomic E-state index is 11.7. The van der Waals surface area contributed by atoms with Crippen LogP contribution in [0.3, 0.4) is 0 Å². The van der Waals surface area contributed by atoms with Gasteiger partial charge in [0.1, 0.15) is 4.93 Å². The smallest absolute Gasteiger partial charge is 0.217 e. The van der Waals surface area contributed by atoms with Crippen LogP contribution in [0.4, 0.5) is 0 Å². The Balaban J connectivity index is 4.34. The summed E-state index contributed by atoms with van der Waals surface area (Å²) in [6.07, 6.45) is 6.59. The summed E-state index contributed by atoms with van der Waals surface area (Å²) in [6.45, 7) is 9.71. The molecule has 0 radical (unpaired) electrons. The Kier molecular flexibility index (Phi) is 8.61. The maximum atomic E-state index is 11.7. The second kappa shape index (κ2) is 8.76. The molecule has 0 aliphatic heterocycles. The highest BCUT2D eigenvalue weighted by Gasteiger charge is 2.31. The first kappa shape index (κ1) is 16.7. The number of hydrogen-bond acceptors (Lipinski definition) is 3. The number of hydrogen-bond donors (Lipinski definition) is 0. The van der Waals surface area contributed by atoms with Gasteiger partial charge in [-0.3, -0.25) is 4.79 Å². The SMILES string of the molecule is C=C(C)C(=O)SC(CC)(CCCCCC)OC. The topological polar surface area (TPSA) is 26.3 Å². The predicted molar refractivity (Wildman–Crippen MR) is 76.2 cm³/mol. The van der Waals surface area contributed by atoms with Gasteiger partial charge in [0.2, 0.25) is 5.12 Å². The molecule has 17 heavy (non-hydrogen) atoms. The summed E-state index contributed by atoms with van der Waals surface area (Å²) in [6, 6.07) is 0. The number of carbonyl (C=O) groups excluding carboxylic acids is 1. The molecule has 3 heteroatoms. The van der Waals surface area contributed by atoms with Gasteiger partial charge in [0.05, 0.1) is 0 Å². The Hall–Kier alpha value is -0.280. The van der Waals surface area contributed by atoms with Crippen LogP contribution in [0.5, 0.6) is 0 Å². The van der Waals surface area contributed by atoms with E-state index >= 15 is 0 Å². The average molecular weight is 258 g/mol. The van der Waals surface area contributed by atoms with Gasteiger partial charge in [-0.05, 0) is 43.5 Å². The van der Waals surface area contributed by atoms with Crippen LogP contribution in [0.2, 0.25) is 0 Å². The van der Waals surface area contributed by atoms with Crippen LogP contribution in [0, 0.1) is 0 Å². The lowest BCUT2D eigenvalue weighted by molar-refractivity contribution is -0.108. The fourth-order valence-corrected chi connectivity index (χ4v) is 2.65. The van der Waals surface area contributed by atoms with Gasteiger partial charge in [-0.15, -0.1) is 0 Å². The monoisotopic (exact) mass is 258 g/mol. The van der Waals surface area contributed by atoms with E-state index < -0.39 is 0 Å². The predicted octanol–water partition coefficient (Wildman–Crippen LogP) is 4.55. The normalized spacial score (nSPS) is 14.4. The van der Waals surface area contributed by atoms with E-state index in [1.165, 1.54) is 31.0 Å². The Morgan fingerprint density at radius 2 is 1.94 bits per heavy atom. The number of ether oxygens (including phenoxy) is 1. The van der Waals surface area contributed by atoms with Crippen molar-refractivity contribution in [3.05, 3.63) is 12.2 Å². The van der Waals surface area contributed by atoms with Gasteiger partial charge in [-0.25, -0.2) is 0 Å². The third-order valence-corrected chi connectivity index (χ3v) is 4.51. The zero-order chi connectivity index (χ0) is 13.3. The molecular formula is C14H26O2S. The number of rotatable bonds is 9. The molecule has 0 amide bonds. The summed E-state index contributed by atoms with van der Waals surface area (Å²) >= 11 is 1.30. The minimum Gasteiger partial charge on any atom is -0.367 e. The summed E-state index contributed by atoms with van der Waals surface area (Å²) < 4.78 is 5.59. The molecule has 0 rings (SSSR count). The molecule has 0 aromatic heterocycles. The lowest BCUT2D eigenvalue weighted by Gasteiger charge is -2.30. The first-order chi connectivity index (χ1) is 8.01. The molecule has 0 aliphatic carbocycles. The number of unbranched alkanes of at least 4 members (excludes halogenated alkanes) is 3. The van der Waals surface area contributed by atoms with Crippen molar-refractivity contribution in [1.82, 2.24) is 0 Å². The second-order valence-corrected chi connectivity index (χ2v) is 5.77. The van der Waals surface area contributed by atoms with Gasteiger partial charge in [0, 0.05) is 7.11 Å². The van der Waals surface area contributed by atoms with Crippen molar-refractivity contribution in [2.45, 2.75) is 64.2 Å². The van der Waals surface area contributed by atoms with Crippen LogP contribution in [0.1, 0.15) is 59.3 Å². The average Bonchev–Trinajstić information content (AvgIpc) is 2.33. The molecule has 1 atom stereocenters. The molecule has 0 heterocycles. The van der Waals surface area contributed by atoms with Crippen LogP contribution in [-0.4, -0.2) is 17.2 Å². The molecular weight excluding hydrogens is 232 g/mol.